The van der Waals surface area contributed by atoms with Crippen LogP contribution < -0.4 is 10.1 Å². The summed E-state index contributed by atoms with van der Waals surface area (Å²) in [4.78, 5) is 11.7. The number of esters is 1. The highest BCUT2D eigenvalue weighted by molar-refractivity contribution is 5.80. The molecule has 0 aliphatic heterocycles. The molecule has 1 atom stereocenters. The minimum atomic E-state index is -4.76. The second kappa shape index (κ2) is 6.24. The number of carbonyl (C=O) groups is 1. The van der Waals surface area contributed by atoms with Gasteiger partial charge in [-0.3, -0.25) is 0 Å². The zero-order valence-corrected chi connectivity index (χ0v) is 12.2. The van der Waals surface area contributed by atoms with E-state index in [1.54, 1.807) is 0 Å². The molecule has 7 heteroatoms. The summed E-state index contributed by atoms with van der Waals surface area (Å²) in [7, 11) is 1.45. The fourth-order valence-corrected chi connectivity index (χ4v) is 1.49. The number of hydrogen-bond acceptors (Lipinski definition) is 4. The number of ether oxygens (including phenoxy) is 2. The first-order valence-electron chi connectivity index (χ1n) is 6.23. The number of anilines is 1. The van der Waals surface area contributed by atoms with Gasteiger partial charge >= 0.3 is 12.1 Å². The molecule has 0 saturated carbocycles. The molecule has 118 valence electrons. The van der Waals surface area contributed by atoms with E-state index in [-0.39, 0.29) is 5.69 Å². The number of halogens is 3. The number of carbonyl (C=O) groups excluding carboxylic acids is 1. The van der Waals surface area contributed by atoms with Gasteiger partial charge in [-0.2, -0.15) is 13.2 Å². The smallest absolute Gasteiger partial charge is 0.419 e. The van der Waals surface area contributed by atoms with Crippen molar-refractivity contribution in [3.63, 3.8) is 0 Å². The minimum absolute atomic E-state index is 0.143. The van der Waals surface area contributed by atoms with Crippen LogP contribution in [-0.2, 0) is 9.53 Å². The van der Waals surface area contributed by atoms with E-state index in [2.05, 4.69) is 5.32 Å². The van der Waals surface area contributed by atoms with Crippen LogP contribution in [0.3, 0.4) is 0 Å². The molecule has 21 heavy (non-hydrogen) atoms. The first-order valence-corrected chi connectivity index (χ1v) is 6.23. The van der Waals surface area contributed by atoms with Crippen LogP contribution in [0.15, 0.2) is 24.3 Å². The lowest BCUT2D eigenvalue weighted by molar-refractivity contribution is -0.184. The molecule has 1 N–H and O–H groups in total. The second-order valence-electron chi connectivity index (χ2n) is 5.38. The predicted molar refractivity (Wildman–Crippen MR) is 72.3 cm³/mol. The van der Waals surface area contributed by atoms with Crippen molar-refractivity contribution in [2.75, 3.05) is 12.4 Å². The highest BCUT2D eigenvalue weighted by Crippen LogP contribution is 2.27. The van der Waals surface area contributed by atoms with Crippen LogP contribution in [0.25, 0.3) is 0 Å². The zero-order chi connectivity index (χ0) is 16.3. The lowest BCUT2D eigenvalue weighted by Gasteiger charge is -2.26. The Kier molecular flexibility index (Phi) is 5.09. The van der Waals surface area contributed by atoms with Gasteiger partial charge in [0.2, 0.25) is 6.04 Å². The molecular formula is C14H18F3NO3. The monoisotopic (exact) mass is 305 g/mol. The Balaban J connectivity index is 2.90. The minimum Gasteiger partial charge on any atom is -0.497 e. The van der Waals surface area contributed by atoms with Crippen LogP contribution >= 0.6 is 0 Å². The van der Waals surface area contributed by atoms with Crippen molar-refractivity contribution >= 4 is 11.7 Å². The molecule has 1 aromatic carbocycles. The van der Waals surface area contributed by atoms with Crippen molar-refractivity contribution < 1.29 is 27.4 Å². The summed E-state index contributed by atoms with van der Waals surface area (Å²) in [6.45, 7) is 4.52. The van der Waals surface area contributed by atoms with Crippen LogP contribution in [0, 0.1) is 0 Å². The normalized spacial score (nSPS) is 13.5. The van der Waals surface area contributed by atoms with E-state index in [0.717, 1.165) is 0 Å². The Morgan fingerprint density at radius 1 is 1.14 bits per heavy atom. The van der Waals surface area contributed by atoms with Crippen LogP contribution in [0.4, 0.5) is 18.9 Å². The standard InChI is InChI=1S/C14H18F3NO3/c1-13(2,3)21-12(19)11(14(15,16)17)18-9-5-7-10(20-4)8-6-9/h5-8,11,18H,1-4H3/t11-/m0/s1. The van der Waals surface area contributed by atoms with Crippen LogP contribution in [0.5, 0.6) is 5.75 Å². The topological polar surface area (TPSA) is 47.6 Å². The summed E-state index contributed by atoms with van der Waals surface area (Å²) in [5.74, 6) is -0.868. The van der Waals surface area contributed by atoms with Gasteiger partial charge in [0.05, 0.1) is 7.11 Å². The van der Waals surface area contributed by atoms with E-state index in [4.69, 9.17) is 9.47 Å². The van der Waals surface area contributed by atoms with Crippen molar-refractivity contribution in [1.29, 1.82) is 0 Å². The number of alkyl halides is 3. The number of nitrogens with one attached hydrogen (secondary N) is 1. The molecular weight excluding hydrogens is 287 g/mol. The molecule has 0 spiro atoms. The van der Waals surface area contributed by atoms with Crippen LogP contribution in [-0.4, -0.2) is 30.9 Å². The fourth-order valence-electron chi connectivity index (χ4n) is 1.49. The van der Waals surface area contributed by atoms with E-state index >= 15 is 0 Å². The molecule has 1 rings (SSSR count). The van der Waals surface area contributed by atoms with Gasteiger partial charge in [-0.15, -0.1) is 0 Å². The van der Waals surface area contributed by atoms with Gasteiger partial charge in [-0.25, -0.2) is 4.79 Å². The number of methoxy groups -OCH3 is 1. The summed E-state index contributed by atoms with van der Waals surface area (Å²) in [6.07, 6.45) is -4.76. The first-order chi connectivity index (χ1) is 9.53. The van der Waals surface area contributed by atoms with Crippen molar-refractivity contribution in [2.24, 2.45) is 0 Å². The van der Waals surface area contributed by atoms with Crippen LogP contribution in [0.1, 0.15) is 20.8 Å². The fraction of sp³-hybridized carbons (Fsp3) is 0.500. The van der Waals surface area contributed by atoms with Gasteiger partial charge in [0.25, 0.3) is 0 Å². The Labute approximate surface area is 121 Å². The maximum absolute atomic E-state index is 13.0. The predicted octanol–water partition coefficient (Wildman–Crippen LogP) is 3.38. The molecule has 0 fully saturated rings. The van der Waals surface area contributed by atoms with E-state index in [1.165, 1.54) is 52.1 Å². The average Bonchev–Trinajstić information content (AvgIpc) is 2.33. The van der Waals surface area contributed by atoms with E-state index < -0.39 is 23.8 Å². The van der Waals surface area contributed by atoms with E-state index in [1.807, 2.05) is 0 Å². The lowest BCUT2D eigenvalue weighted by Crippen LogP contribution is -2.46. The Hall–Kier alpha value is -1.92. The molecule has 0 aliphatic carbocycles. The molecule has 0 bridgehead atoms. The van der Waals surface area contributed by atoms with Gasteiger partial charge in [0, 0.05) is 5.69 Å². The molecule has 0 radical (unpaired) electrons. The SMILES string of the molecule is COc1ccc(N[C@@H](C(=O)OC(C)(C)C)C(F)(F)F)cc1. The Morgan fingerprint density at radius 2 is 1.67 bits per heavy atom. The molecule has 0 unspecified atom stereocenters. The van der Waals surface area contributed by atoms with Crippen molar-refractivity contribution in [3.8, 4) is 5.75 Å². The third kappa shape index (κ3) is 5.53. The number of benzene rings is 1. The van der Waals surface area contributed by atoms with Crippen molar-refractivity contribution in [1.82, 2.24) is 0 Å². The van der Waals surface area contributed by atoms with E-state index in [0.29, 0.717) is 5.75 Å². The van der Waals surface area contributed by atoms with Crippen molar-refractivity contribution in [2.45, 2.75) is 38.6 Å². The average molecular weight is 305 g/mol. The molecule has 0 saturated heterocycles. The van der Waals surface area contributed by atoms with Crippen LogP contribution in [0.2, 0.25) is 0 Å². The molecule has 0 aliphatic rings. The number of hydrogen-bond donors (Lipinski definition) is 1. The molecule has 0 aromatic heterocycles. The molecule has 0 amide bonds. The highest BCUT2D eigenvalue weighted by Gasteiger charge is 2.47. The van der Waals surface area contributed by atoms with Gasteiger partial charge in [-0.1, -0.05) is 0 Å². The summed E-state index contributed by atoms with van der Waals surface area (Å²) in [5, 5.41) is 2.14. The summed E-state index contributed by atoms with van der Waals surface area (Å²) in [5.41, 5.74) is -0.855. The maximum Gasteiger partial charge on any atom is 0.419 e. The first kappa shape index (κ1) is 17.1. The largest absolute Gasteiger partial charge is 0.497 e. The molecule has 1 aromatic rings. The van der Waals surface area contributed by atoms with Gasteiger partial charge in [0.1, 0.15) is 11.4 Å². The Bertz CT molecular complexity index is 478. The summed E-state index contributed by atoms with van der Waals surface area (Å²) in [6, 6.07) is 3.34. The third-order valence-electron chi connectivity index (χ3n) is 2.37. The lowest BCUT2D eigenvalue weighted by atomic mass is 10.2. The maximum atomic E-state index is 13.0. The zero-order valence-electron chi connectivity index (χ0n) is 12.2. The summed E-state index contributed by atoms with van der Waals surface area (Å²) >= 11 is 0. The van der Waals surface area contributed by atoms with Gasteiger partial charge in [0.15, 0.2) is 0 Å². The molecule has 0 heterocycles. The van der Waals surface area contributed by atoms with Crippen molar-refractivity contribution in [3.05, 3.63) is 24.3 Å². The second-order valence-corrected chi connectivity index (χ2v) is 5.38. The quantitative estimate of drug-likeness (QED) is 0.866. The van der Waals surface area contributed by atoms with Gasteiger partial charge in [-0.05, 0) is 45.0 Å². The highest BCUT2D eigenvalue weighted by atomic mass is 19.4. The Morgan fingerprint density at radius 3 is 2.05 bits per heavy atom. The van der Waals surface area contributed by atoms with E-state index in [9.17, 15) is 18.0 Å². The van der Waals surface area contributed by atoms with Gasteiger partial charge < -0.3 is 14.8 Å². The summed E-state index contributed by atoms with van der Waals surface area (Å²) < 4.78 is 48.7. The number of rotatable bonds is 4. The molecule has 4 nitrogen and oxygen atoms in total. The third-order valence-corrected chi connectivity index (χ3v) is 2.37.